The number of nitrogens with zero attached hydrogens (tertiary/aromatic N) is 1. The second-order valence-electron chi connectivity index (χ2n) is 9.79. The Morgan fingerprint density at radius 2 is 1.75 bits per heavy atom. The van der Waals surface area contributed by atoms with E-state index in [1.807, 2.05) is 24.3 Å². The van der Waals surface area contributed by atoms with Crippen molar-refractivity contribution in [2.75, 3.05) is 6.61 Å². The highest BCUT2D eigenvalue weighted by atomic mass is 32.1. The van der Waals surface area contributed by atoms with Gasteiger partial charge in [0.2, 0.25) is 0 Å². The lowest BCUT2D eigenvalue weighted by Crippen LogP contribution is -2.62. The number of amides is 3. The van der Waals surface area contributed by atoms with Crippen LogP contribution in [0, 0.1) is 17.8 Å². The van der Waals surface area contributed by atoms with Crippen LogP contribution >= 0.6 is 11.3 Å². The summed E-state index contributed by atoms with van der Waals surface area (Å²) < 4.78 is 6.18. The molecule has 2 N–H and O–H groups in total. The quantitative estimate of drug-likeness (QED) is 0.616. The normalized spacial score (nSPS) is 27.9. The van der Waals surface area contributed by atoms with Crippen LogP contribution in [-0.2, 0) is 20.7 Å². The predicted molar refractivity (Wildman–Crippen MR) is 121 cm³/mol. The second-order valence-corrected chi connectivity index (χ2v) is 10.9. The van der Waals surface area contributed by atoms with Crippen molar-refractivity contribution < 1.29 is 19.1 Å². The van der Waals surface area contributed by atoms with Crippen LogP contribution in [0.3, 0.4) is 0 Å². The molecular formula is C24H29N3O4S. The molecule has 2 aromatic rings. The number of carbonyl (C=O) groups is 3. The molecule has 0 radical (unpaired) electrons. The van der Waals surface area contributed by atoms with Gasteiger partial charge in [-0.2, -0.15) is 0 Å². The maximum absolute atomic E-state index is 12.4. The van der Waals surface area contributed by atoms with Crippen molar-refractivity contribution in [3.8, 4) is 0 Å². The molecule has 32 heavy (non-hydrogen) atoms. The molecule has 6 rings (SSSR count). The van der Waals surface area contributed by atoms with E-state index in [1.54, 1.807) is 11.3 Å². The van der Waals surface area contributed by atoms with Crippen molar-refractivity contribution in [2.24, 2.45) is 17.8 Å². The highest BCUT2D eigenvalue weighted by molar-refractivity contribution is 7.18. The summed E-state index contributed by atoms with van der Waals surface area (Å²) in [7, 11) is 0. The highest BCUT2D eigenvalue weighted by Gasteiger charge is 2.51. The van der Waals surface area contributed by atoms with Crippen LogP contribution < -0.4 is 10.6 Å². The van der Waals surface area contributed by atoms with Gasteiger partial charge < -0.3 is 10.1 Å². The summed E-state index contributed by atoms with van der Waals surface area (Å²) in [6.07, 6.45) is 8.42. The summed E-state index contributed by atoms with van der Waals surface area (Å²) in [6, 6.07) is 7.47. The number of ether oxygens (including phenoxy) is 1. The van der Waals surface area contributed by atoms with E-state index >= 15 is 0 Å². The Morgan fingerprint density at radius 1 is 1.06 bits per heavy atom. The third kappa shape index (κ3) is 4.80. The van der Waals surface area contributed by atoms with Crippen molar-refractivity contribution in [3.05, 3.63) is 29.3 Å². The van der Waals surface area contributed by atoms with Crippen molar-refractivity contribution in [1.29, 1.82) is 0 Å². The van der Waals surface area contributed by atoms with Gasteiger partial charge in [-0.25, -0.2) is 9.78 Å². The standard InChI is InChI=1S/C24H29N3O4S/c28-20(26-23(30)27-24-11-15-8-16(12-24)10-17(9-15)13-24)14-31-22(29)7-3-6-21-25-18-4-1-2-5-19(18)32-21/h1-2,4-5,15-17H,3,6-14H2,(H2,26,27,28,30). The number of thiazole rings is 1. The fourth-order valence-electron chi connectivity index (χ4n) is 6.33. The lowest BCUT2D eigenvalue weighted by atomic mass is 9.53. The summed E-state index contributed by atoms with van der Waals surface area (Å²) in [5.74, 6) is 1.09. The van der Waals surface area contributed by atoms with Gasteiger partial charge >= 0.3 is 12.0 Å². The fraction of sp³-hybridized carbons (Fsp3) is 0.583. The van der Waals surface area contributed by atoms with E-state index in [4.69, 9.17) is 4.74 Å². The maximum atomic E-state index is 12.4. The Labute approximate surface area is 191 Å². The van der Waals surface area contributed by atoms with Crippen LogP contribution in [0.5, 0.6) is 0 Å². The average Bonchev–Trinajstić information content (AvgIpc) is 3.13. The van der Waals surface area contributed by atoms with Crippen LogP contribution in [0.4, 0.5) is 4.79 Å². The number of hydrogen-bond acceptors (Lipinski definition) is 6. The maximum Gasteiger partial charge on any atom is 0.321 e. The molecule has 4 aliphatic rings. The summed E-state index contributed by atoms with van der Waals surface area (Å²) >= 11 is 1.62. The molecule has 0 saturated heterocycles. The fourth-order valence-corrected chi connectivity index (χ4v) is 7.34. The van der Waals surface area contributed by atoms with Gasteiger partial charge in [0.25, 0.3) is 5.91 Å². The minimum atomic E-state index is -0.591. The van der Waals surface area contributed by atoms with E-state index in [0.29, 0.717) is 30.6 Å². The number of aryl methyl sites for hydroxylation is 1. The number of carbonyl (C=O) groups excluding carboxylic acids is 3. The minimum Gasteiger partial charge on any atom is -0.456 e. The molecule has 1 aromatic heterocycles. The van der Waals surface area contributed by atoms with Crippen molar-refractivity contribution in [3.63, 3.8) is 0 Å². The van der Waals surface area contributed by atoms with Gasteiger partial charge in [-0.3, -0.25) is 14.9 Å². The first-order valence-corrected chi connectivity index (χ1v) is 12.4. The zero-order chi connectivity index (χ0) is 22.1. The molecule has 1 aromatic carbocycles. The molecule has 4 fully saturated rings. The minimum absolute atomic E-state index is 0.156. The summed E-state index contributed by atoms with van der Waals surface area (Å²) in [5.41, 5.74) is 0.815. The van der Waals surface area contributed by atoms with Gasteiger partial charge in [-0.1, -0.05) is 12.1 Å². The molecule has 0 unspecified atom stereocenters. The zero-order valence-corrected chi connectivity index (χ0v) is 18.9. The van der Waals surface area contributed by atoms with Gasteiger partial charge in [0.15, 0.2) is 6.61 Å². The second kappa shape index (κ2) is 8.81. The van der Waals surface area contributed by atoms with Gasteiger partial charge in [0.1, 0.15) is 0 Å². The van der Waals surface area contributed by atoms with E-state index in [2.05, 4.69) is 15.6 Å². The third-order valence-electron chi connectivity index (χ3n) is 7.14. The van der Waals surface area contributed by atoms with E-state index in [-0.39, 0.29) is 12.0 Å². The van der Waals surface area contributed by atoms with Crippen molar-refractivity contribution >= 4 is 39.5 Å². The van der Waals surface area contributed by atoms with E-state index in [0.717, 1.165) is 34.5 Å². The Kier molecular flexibility index (Phi) is 5.88. The van der Waals surface area contributed by atoms with E-state index in [9.17, 15) is 14.4 Å². The number of para-hydroxylation sites is 1. The number of fused-ring (bicyclic) bond motifs is 1. The Morgan fingerprint density at radius 3 is 2.44 bits per heavy atom. The molecule has 4 bridgehead atoms. The molecule has 0 aliphatic heterocycles. The Hall–Kier alpha value is -2.48. The number of urea groups is 1. The van der Waals surface area contributed by atoms with Crippen LogP contribution in [-0.4, -0.2) is 35.0 Å². The van der Waals surface area contributed by atoms with Gasteiger partial charge in [-0.15, -0.1) is 11.3 Å². The van der Waals surface area contributed by atoms with Gasteiger partial charge in [-0.05, 0) is 81.3 Å². The number of rotatable bonds is 7. The molecule has 170 valence electrons. The number of benzene rings is 1. The number of esters is 1. The summed E-state index contributed by atoms with van der Waals surface area (Å²) in [4.78, 5) is 41.0. The molecule has 0 spiro atoms. The third-order valence-corrected chi connectivity index (χ3v) is 8.24. The van der Waals surface area contributed by atoms with E-state index < -0.39 is 24.5 Å². The number of aromatic nitrogens is 1. The summed E-state index contributed by atoms with van der Waals surface area (Å²) in [6.45, 7) is -0.436. The molecule has 4 aliphatic carbocycles. The molecular weight excluding hydrogens is 426 g/mol. The zero-order valence-electron chi connectivity index (χ0n) is 18.1. The monoisotopic (exact) mass is 455 g/mol. The van der Waals surface area contributed by atoms with E-state index in [1.165, 1.54) is 19.3 Å². The predicted octanol–water partition coefficient (Wildman–Crippen LogP) is 3.96. The Bertz CT molecular complexity index is 965. The molecule has 7 nitrogen and oxygen atoms in total. The number of hydrogen-bond donors (Lipinski definition) is 2. The van der Waals surface area contributed by atoms with Crippen molar-refractivity contribution in [2.45, 2.75) is 63.3 Å². The lowest BCUT2D eigenvalue weighted by Gasteiger charge is -2.56. The van der Waals surface area contributed by atoms with Crippen LogP contribution in [0.1, 0.15) is 56.4 Å². The Balaban J connectivity index is 1.01. The molecule has 1 heterocycles. The first kappa shape index (κ1) is 21.4. The lowest BCUT2D eigenvalue weighted by molar-refractivity contribution is -0.148. The van der Waals surface area contributed by atoms with Crippen LogP contribution in [0.25, 0.3) is 10.2 Å². The van der Waals surface area contributed by atoms with Gasteiger partial charge in [0, 0.05) is 12.0 Å². The first-order valence-electron chi connectivity index (χ1n) is 11.6. The largest absolute Gasteiger partial charge is 0.456 e. The number of imide groups is 1. The smallest absolute Gasteiger partial charge is 0.321 e. The SMILES string of the molecule is O=C(COC(=O)CCCc1nc2ccccc2s1)NC(=O)NC12CC3CC(CC(C3)C1)C2. The highest BCUT2D eigenvalue weighted by Crippen LogP contribution is 2.55. The molecule has 4 saturated carbocycles. The molecule has 0 atom stereocenters. The number of nitrogens with one attached hydrogen (secondary N) is 2. The molecule has 3 amide bonds. The van der Waals surface area contributed by atoms with Crippen LogP contribution in [0.2, 0.25) is 0 Å². The summed E-state index contributed by atoms with van der Waals surface area (Å²) in [5, 5.41) is 6.41. The van der Waals surface area contributed by atoms with Crippen LogP contribution in [0.15, 0.2) is 24.3 Å². The average molecular weight is 456 g/mol. The van der Waals surface area contributed by atoms with Gasteiger partial charge in [0.05, 0.1) is 15.2 Å². The molecule has 8 heteroatoms. The first-order chi connectivity index (χ1) is 15.5. The van der Waals surface area contributed by atoms with Crippen molar-refractivity contribution in [1.82, 2.24) is 15.6 Å². The topological polar surface area (TPSA) is 97.4 Å².